The molecule has 0 saturated heterocycles. The van der Waals surface area contributed by atoms with Crippen molar-refractivity contribution < 1.29 is 63.7 Å². The van der Waals surface area contributed by atoms with Crippen LogP contribution < -0.4 is 0 Å². The molecule has 1 atom stereocenters. The van der Waals surface area contributed by atoms with E-state index in [1.54, 1.807) is 0 Å². The summed E-state index contributed by atoms with van der Waals surface area (Å²) in [7, 11) is 0. The molecule has 1 aliphatic carbocycles. The predicted molar refractivity (Wildman–Crippen MR) is 55.6 cm³/mol. The van der Waals surface area contributed by atoms with Gasteiger partial charge in [0.05, 0.1) is 5.57 Å². The first-order chi connectivity index (χ1) is 10.9. The Morgan fingerprint density at radius 2 is 1.32 bits per heavy atom. The summed E-state index contributed by atoms with van der Waals surface area (Å²) >= 11 is 0. The highest BCUT2D eigenvalue weighted by Gasteiger charge is 2.78. The lowest BCUT2D eigenvalue weighted by atomic mass is 9.67. The molecule has 1 unspecified atom stereocenters. The molecule has 0 aliphatic heterocycles. The van der Waals surface area contributed by atoms with E-state index in [9.17, 15) is 53.5 Å². The zero-order valence-corrected chi connectivity index (χ0v) is 11.1. The number of hydrogen-bond donors (Lipinski definition) is 2. The molecule has 0 aromatic rings. The van der Waals surface area contributed by atoms with Gasteiger partial charge in [-0.25, -0.2) is 9.18 Å². The summed E-state index contributed by atoms with van der Waals surface area (Å²) in [6.07, 6.45) is -21.3. The minimum absolute atomic E-state index is 1.64. The number of aliphatic carboxylic acids is 2. The van der Waals surface area contributed by atoms with Gasteiger partial charge in [0.25, 0.3) is 0 Å². The van der Waals surface area contributed by atoms with Crippen LogP contribution in [-0.2, 0) is 9.59 Å². The first kappa shape index (κ1) is 20.8. The molecule has 25 heavy (non-hydrogen) atoms. The van der Waals surface area contributed by atoms with Gasteiger partial charge in [-0.15, -0.1) is 0 Å². The first-order valence-electron chi connectivity index (χ1n) is 5.69. The van der Waals surface area contributed by atoms with E-state index < -0.39 is 64.8 Å². The lowest BCUT2D eigenvalue weighted by Gasteiger charge is -2.41. The molecule has 0 aromatic carbocycles. The monoisotopic (exact) mass is 390 g/mol. The van der Waals surface area contributed by atoms with Gasteiger partial charge in [0.1, 0.15) is 17.3 Å². The molecule has 0 saturated carbocycles. The van der Waals surface area contributed by atoms with E-state index in [4.69, 9.17) is 10.2 Å². The largest absolute Gasteiger partial charge is 0.481 e. The van der Waals surface area contributed by atoms with E-state index in [1.807, 2.05) is 0 Å². The van der Waals surface area contributed by atoms with Crippen LogP contribution in [0.15, 0.2) is 23.0 Å². The Labute approximate surface area is 130 Å². The highest BCUT2D eigenvalue weighted by Crippen LogP contribution is 2.62. The fraction of sp³-hybridized carbons (Fsp3) is 0.455. The second-order valence-corrected chi connectivity index (χ2v) is 4.72. The Hall–Kier alpha value is -2.28. The van der Waals surface area contributed by atoms with Gasteiger partial charge in [-0.2, -0.15) is 39.5 Å². The minimum Gasteiger partial charge on any atom is -0.481 e. The van der Waals surface area contributed by atoms with Crippen LogP contribution in [0.4, 0.5) is 43.9 Å². The highest BCUT2D eigenvalue weighted by molar-refractivity contribution is 5.95. The van der Waals surface area contributed by atoms with Crippen LogP contribution in [0.2, 0.25) is 0 Å². The van der Waals surface area contributed by atoms with Gasteiger partial charge >= 0.3 is 30.5 Å². The Kier molecular flexibility index (Phi) is 4.67. The molecule has 4 nitrogen and oxygen atoms in total. The van der Waals surface area contributed by atoms with Gasteiger partial charge in [0, 0.05) is 0 Å². The predicted octanol–water partition coefficient (Wildman–Crippen LogP) is 3.61. The summed E-state index contributed by atoms with van der Waals surface area (Å²) in [5.74, 6) is -13.6. The Balaban J connectivity index is 4.11. The molecule has 2 N–H and O–H groups in total. The maximum atomic E-state index is 13.9. The number of hydrogen-bond acceptors (Lipinski definition) is 2. The molecule has 0 fully saturated rings. The number of carbonyl (C=O) groups is 2. The maximum absolute atomic E-state index is 13.9. The summed E-state index contributed by atoms with van der Waals surface area (Å²) in [6.45, 7) is 0. The third-order valence-corrected chi connectivity index (χ3v) is 3.29. The van der Waals surface area contributed by atoms with Gasteiger partial charge in [-0.3, -0.25) is 4.79 Å². The summed E-state index contributed by atoms with van der Waals surface area (Å²) in [5, 5.41) is 17.1. The van der Waals surface area contributed by atoms with E-state index in [-0.39, 0.29) is 0 Å². The number of halogens is 10. The van der Waals surface area contributed by atoms with Crippen LogP contribution >= 0.6 is 0 Å². The van der Waals surface area contributed by atoms with Gasteiger partial charge in [-0.1, -0.05) is 0 Å². The molecule has 0 amide bonds. The molecule has 0 bridgehead atoms. The van der Waals surface area contributed by atoms with Gasteiger partial charge < -0.3 is 10.2 Å². The van der Waals surface area contributed by atoms with E-state index in [1.165, 1.54) is 0 Å². The fourth-order valence-corrected chi connectivity index (χ4v) is 2.25. The average molecular weight is 390 g/mol. The van der Waals surface area contributed by atoms with Crippen molar-refractivity contribution in [2.45, 2.75) is 18.5 Å². The fourth-order valence-electron chi connectivity index (χ4n) is 2.25. The maximum Gasteiger partial charge on any atom is 0.417 e. The van der Waals surface area contributed by atoms with E-state index in [2.05, 4.69) is 0 Å². The Morgan fingerprint density at radius 1 is 0.920 bits per heavy atom. The summed E-state index contributed by atoms with van der Waals surface area (Å²) < 4.78 is 130. The molecular weight excluding hydrogens is 386 g/mol. The molecule has 0 aromatic heterocycles. The number of allylic oxidation sites excluding steroid dienone is 1. The summed E-state index contributed by atoms with van der Waals surface area (Å²) in [6, 6.07) is 0. The van der Waals surface area contributed by atoms with E-state index >= 15 is 0 Å². The average Bonchev–Trinajstić information content (AvgIpc) is 2.32. The summed E-state index contributed by atoms with van der Waals surface area (Å²) in [4.78, 5) is 21.5. The molecule has 14 heteroatoms. The van der Waals surface area contributed by atoms with Crippen molar-refractivity contribution in [1.29, 1.82) is 0 Å². The van der Waals surface area contributed by atoms with Crippen molar-refractivity contribution in [3.8, 4) is 0 Å². The van der Waals surface area contributed by atoms with Crippen LogP contribution in [0.25, 0.3) is 0 Å². The van der Waals surface area contributed by atoms with Crippen molar-refractivity contribution >= 4 is 11.9 Å². The third-order valence-electron chi connectivity index (χ3n) is 3.29. The van der Waals surface area contributed by atoms with E-state index in [0.717, 1.165) is 0 Å². The highest BCUT2D eigenvalue weighted by atomic mass is 19.4. The standard InChI is InChI=1S/C11H4F10O4/c12-5-3(6(22)23)2(9(13,14)15)1-8(10(16,17)18,11(19,20)21)4(5)7(24)25/h1,4H,(H,22,23)(H,24,25). The number of carboxylic acid groups (broad SMARTS) is 2. The minimum atomic E-state index is -6.74. The zero-order valence-electron chi connectivity index (χ0n) is 11.1. The lowest BCUT2D eigenvalue weighted by molar-refractivity contribution is -0.335. The molecule has 0 radical (unpaired) electrons. The van der Waals surface area contributed by atoms with Crippen molar-refractivity contribution in [1.82, 2.24) is 0 Å². The van der Waals surface area contributed by atoms with Crippen molar-refractivity contribution in [3.05, 3.63) is 23.0 Å². The topological polar surface area (TPSA) is 74.6 Å². The Bertz CT molecular complexity index is 650. The van der Waals surface area contributed by atoms with E-state index in [0.29, 0.717) is 0 Å². The van der Waals surface area contributed by atoms with Crippen LogP contribution in [0, 0.1) is 11.3 Å². The second kappa shape index (κ2) is 5.62. The lowest BCUT2D eigenvalue weighted by Crippen LogP contribution is -2.58. The molecule has 1 rings (SSSR count). The number of alkyl halides is 9. The Morgan fingerprint density at radius 3 is 1.56 bits per heavy atom. The molecule has 1 aliphatic rings. The second-order valence-electron chi connectivity index (χ2n) is 4.72. The zero-order chi connectivity index (χ0) is 20.2. The van der Waals surface area contributed by atoms with Crippen molar-refractivity contribution in [2.24, 2.45) is 11.3 Å². The van der Waals surface area contributed by atoms with Crippen molar-refractivity contribution in [2.75, 3.05) is 0 Å². The SMILES string of the molecule is O=C(O)C1=C(F)C(C(=O)O)C(C(F)(F)F)(C(F)(F)F)C=C1C(F)(F)F. The van der Waals surface area contributed by atoms with Crippen LogP contribution in [0.1, 0.15) is 0 Å². The van der Waals surface area contributed by atoms with Crippen LogP contribution in [0.3, 0.4) is 0 Å². The number of carboxylic acids is 2. The van der Waals surface area contributed by atoms with Crippen LogP contribution in [-0.4, -0.2) is 40.7 Å². The molecule has 0 heterocycles. The van der Waals surface area contributed by atoms with Gasteiger partial charge in [0.15, 0.2) is 5.41 Å². The normalized spacial score (nSPS) is 21.8. The number of rotatable bonds is 2. The van der Waals surface area contributed by atoms with Gasteiger partial charge in [-0.05, 0) is 6.08 Å². The molecule has 0 spiro atoms. The van der Waals surface area contributed by atoms with Gasteiger partial charge in [0.2, 0.25) is 0 Å². The smallest absolute Gasteiger partial charge is 0.417 e. The molecule has 142 valence electrons. The van der Waals surface area contributed by atoms with Crippen molar-refractivity contribution in [3.63, 3.8) is 0 Å². The first-order valence-corrected chi connectivity index (χ1v) is 5.69. The van der Waals surface area contributed by atoms with Crippen LogP contribution in [0.5, 0.6) is 0 Å². The molecular formula is C11H4F10O4. The third kappa shape index (κ3) is 3.04. The summed E-state index contributed by atoms with van der Waals surface area (Å²) in [5.41, 5.74) is -11.5. The quantitative estimate of drug-likeness (QED) is 0.707.